The van der Waals surface area contributed by atoms with Gasteiger partial charge in [-0.05, 0) is 35.7 Å². The van der Waals surface area contributed by atoms with Crippen molar-refractivity contribution in [3.8, 4) is 0 Å². The third kappa shape index (κ3) is 3.11. The van der Waals surface area contributed by atoms with Crippen LogP contribution in [0.3, 0.4) is 0 Å². The van der Waals surface area contributed by atoms with Crippen LogP contribution in [0.2, 0.25) is 0 Å². The predicted octanol–water partition coefficient (Wildman–Crippen LogP) is 3.08. The fraction of sp³-hybridized carbons (Fsp3) is 0.250. The highest BCUT2D eigenvalue weighted by molar-refractivity contribution is 6.10. The summed E-state index contributed by atoms with van der Waals surface area (Å²) < 4.78 is 5.17. The fourth-order valence-corrected chi connectivity index (χ4v) is 3.13. The van der Waals surface area contributed by atoms with Crippen LogP contribution in [0.1, 0.15) is 11.3 Å². The first-order chi connectivity index (χ1) is 12.8. The summed E-state index contributed by atoms with van der Waals surface area (Å²) in [6.45, 7) is 2.14. The second kappa shape index (κ2) is 7.09. The van der Waals surface area contributed by atoms with Gasteiger partial charge in [0.25, 0.3) is 0 Å². The molecule has 1 aliphatic heterocycles. The monoisotopic (exact) mass is 347 g/mol. The van der Waals surface area contributed by atoms with Gasteiger partial charge in [-0.25, -0.2) is 4.98 Å². The number of anilines is 2. The number of likely N-dealkylation sites (N-methyl/N-ethyl adjacent to an activating group) is 1. The number of amidine groups is 1. The molecule has 26 heavy (non-hydrogen) atoms. The van der Waals surface area contributed by atoms with E-state index in [1.54, 1.807) is 13.3 Å². The van der Waals surface area contributed by atoms with Crippen LogP contribution in [-0.2, 0) is 11.3 Å². The standard InChI is InChI=1S/C20H21N5O/c1-25(10-11-26-2)20-17-6-5-16(12-14(17)7-9-22-20)24-19-18-15(13-23-19)4-3-8-21-18/h3-9,12H,10-11,13H2,1-2H3,(H,23,24). The number of ether oxygens (including phenoxy) is 1. The van der Waals surface area contributed by atoms with Crippen LogP contribution in [0.5, 0.6) is 0 Å². The average molecular weight is 347 g/mol. The largest absolute Gasteiger partial charge is 0.383 e. The quantitative estimate of drug-likeness (QED) is 0.768. The Morgan fingerprint density at radius 1 is 1.15 bits per heavy atom. The van der Waals surface area contributed by atoms with Gasteiger partial charge in [-0.3, -0.25) is 9.98 Å². The van der Waals surface area contributed by atoms with E-state index in [-0.39, 0.29) is 0 Å². The van der Waals surface area contributed by atoms with Gasteiger partial charge in [0.05, 0.1) is 13.2 Å². The van der Waals surface area contributed by atoms with Crippen molar-refractivity contribution >= 4 is 28.1 Å². The van der Waals surface area contributed by atoms with Crippen LogP contribution in [0.15, 0.2) is 53.8 Å². The summed E-state index contributed by atoms with van der Waals surface area (Å²) in [6, 6.07) is 12.3. The summed E-state index contributed by atoms with van der Waals surface area (Å²) in [5, 5.41) is 5.65. The number of nitrogens with one attached hydrogen (secondary N) is 1. The molecule has 6 nitrogen and oxygen atoms in total. The van der Waals surface area contributed by atoms with Crippen molar-refractivity contribution < 1.29 is 4.74 Å². The fourth-order valence-electron chi connectivity index (χ4n) is 3.13. The van der Waals surface area contributed by atoms with Crippen molar-refractivity contribution in [1.82, 2.24) is 9.97 Å². The molecule has 4 rings (SSSR count). The van der Waals surface area contributed by atoms with Gasteiger partial charge in [0.15, 0.2) is 5.84 Å². The molecule has 0 fully saturated rings. The molecule has 0 unspecified atom stereocenters. The number of benzene rings is 1. The topological polar surface area (TPSA) is 62.6 Å². The molecule has 1 N–H and O–H groups in total. The molecule has 0 radical (unpaired) electrons. The third-order valence-corrected chi connectivity index (χ3v) is 4.52. The molecule has 0 aliphatic carbocycles. The number of nitrogens with zero attached hydrogens (tertiary/aromatic N) is 4. The second-order valence-corrected chi connectivity index (χ2v) is 6.29. The zero-order valence-corrected chi connectivity index (χ0v) is 14.9. The number of pyridine rings is 2. The number of aliphatic imine (C=N–C) groups is 1. The van der Waals surface area contributed by atoms with Crippen molar-refractivity contribution in [2.24, 2.45) is 4.99 Å². The lowest BCUT2D eigenvalue weighted by Gasteiger charge is -2.19. The van der Waals surface area contributed by atoms with E-state index in [0.717, 1.165) is 45.9 Å². The molecule has 3 aromatic rings. The molecule has 0 spiro atoms. The number of fused-ring (bicyclic) bond motifs is 2. The van der Waals surface area contributed by atoms with Crippen LogP contribution in [-0.4, -0.2) is 43.1 Å². The van der Waals surface area contributed by atoms with Crippen molar-refractivity contribution in [1.29, 1.82) is 0 Å². The van der Waals surface area contributed by atoms with Crippen molar-refractivity contribution in [3.05, 3.63) is 60.0 Å². The van der Waals surface area contributed by atoms with Crippen molar-refractivity contribution in [2.75, 3.05) is 37.5 Å². The van der Waals surface area contributed by atoms with E-state index < -0.39 is 0 Å². The summed E-state index contributed by atoms with van der Waals surface area (Å²) >= 11 is 0. The van der Waals surface area contributed by atoms with Crippen LogP contribution in [0, 0.1) is 0 Å². The summed E-state index contributed by atoms with van der Waals surface area (Å²) in [6.07, 6.45) is 3.64. The van der Waals surface area contributed by atoms with Crippen LogP contribution < -0.4 is 10.2 Å². The zero-order valence-electron chi connectivity index (χ0n) is 14.9. The van der Waals surface area contributed by atoms with Crippen LogP contribution in [0.25, 0.3) is 10.8 Å². The molecule has 2 aromatic heterocycles. The van der Waals surface area contributed by atoms with Gasteiger partial charge in [-0.1, -0.05) is 6.07 Å². The van der Waals surface area contributed by atoms with E-state index in [0.29, 0.717) is 13.2 Å². The van der Waals surface area contributed by atoms with Gasteiger partial charge in [0.2, 0.25) is 0 Å². The Labute approximate surface area is 152 Å². The average Bonchev–Trinajstić information content (AvgIpc) is 3.08. The summed E-state index contributed by atoms with van der Waals surface area (Å²) in [5.74, 6) is 1.78. The molecular formula is C20H21N5O. The van der Waals surface area contributed by atoms with Crippen molar-refractivity contribution in [2.45, 2.75) is 6.54 Å². The van der Waals surface area contributed by atoms with Gasteiger partial charge < -0.3 is 15.0 Å². The van der Waals surface area contributed by atoms with E-state index in [9.17, 15) is 0 Å². The Morgan fingerprint density at radius 2 is 2.08 bits per heavy atom. The minimum atomic E-state index is 0.667. The van der Waals surface area contributed by atoms with E-state index in [2.05, 4.69) is 49.4 Å². The maximum Gasteiger partial charge on any atom is 0.152 e. The molecule has 0 amide bonds. The molecule has 0 bridgehead atoms. The smallest absolute Gasteiger partial charge is 0.152 e. The molecule has 6 heteroatoms. The maximum absolute atomic E-state index is 5.17. The van der Waals surface area contributed by atoms with E-state index in [1.165, 1.54) is 0 Å². The Balaban J connectivity index is 1.61. The van der Waals surface area contributed by atoms with Crippen LogP contribution >= 0.6 is 0 Å². The lowest BCUT2D eigenvalue weighted by atomic mass is 10.1. The second-order valence-electron chi connectivity index (χ2n) is 6.29. The van der Waals surface area contributed by atoms with Crippen LogP contribution in [0.4, 0.5) is 11.5 Å². The van der Waals surface area contributed by atoms with E-state index >= 15 is 0 Å². The molecule has 0 saturated heterocycles. The zero-order chi connectivity index (χ0) is 17.9. The van der Waals surface area contributed by atoms with Gasteiger partial charge in [0.1, 0.15) is 11.5 Å². The molecule has 1 aliphatic rings. The maximum atomic E-state index is 5.17. The molecule has 1 aromatic carbocycles. The number of hydrogen-bond donors (Lipinski definition) is 1. The molecule has 3 heterocycles. The van der Waals surface area contributed by atoms with Gasteiger partial charge in [-0.2, -0.15) is 0 Å². The molecule has 0 saturated carbocycles. The Kier molecular flexibility index (Phi) is 4.50. The highest BCUT2D eigenvalue weighted by Gasteiger charge is 2.17. The molecule has 0 atom stereocenters. The van der Waals surface area contributed by atoms with Crippen molar-refractivity contribution in [3.63, 3.8) is 0 Å². The first-order valence-corrected chi connectivity index (χ1v) is 8.61. The third-order valence-electron chi connectivity index (χ3n) is 4.52. The van der Waals surface area contributed by atoms with Gasteiger partial charge in [0, 0.05) is 49.7 Å². The summed E-state index contributed by atoms with van der Waals surface area (Å²) in [4.78, 5) is 15.7. The summed E-state index contributed by atoms with van der Waals surface area (Å²) in [7, 11) is 3.74. The lowest BCUT2D eigenvalue weighted by Crippen LogP contribution is -2.23. The van der Waals surface area contributed by atoms with Gasteiger partial charge in [-0.15, -0.1) is 0 Å². The summed E-state index contributed by atoms with van der Waals surface area (Å²) in [5.41, 5.74) is 3.08. The lowest BCUT2D eigenvalue weighted by molar-refractivity contribution is 0.206. The Morgan fingerprint density at radius 3 is 2.96 bits per heavy atom. The molecular weight excluding hydrogens is 326 g/mol. The minimum Gasteiger partial charge on any atom is -0.383 e. The number of rotatable bonds is 5. The first kappa shape index (κ1) is 16.5. The first-order valence-electron chi connectivity index (χ1n) is 8.61. The number of aromatic nitrogens is 2. The predicted molar refractivity (Wildman–Crippen MR) is 105 cm³/mol. The van der Waals surface area contributed by atoms with E-state index in [4.69, 9.17) is 4.74 Å². The number of methoxy groups -OCH3 is 1. The highest BCUT2D eigenvalue weighted by Crippen LogP contribution is 2.27. The highest BCUT2D eigenvalue weighted by atomic mass is 16.5. The SMILES string of the molecule is COCCN(C)c1nccc2cc(NC3=NCc4cccnc43)ccc12. The number of hydrogen-bond acceptors (Lipinski definition) is 6. The molecule has 132 valence electrons. The van der Waals surface area contributed by atoms with Gasteiger partial charge >= 0.3 is 0 Å². The Bertz CT molecular complexity index is 969. The normalized spacial score (nSPS) is 12.8. The van der Waals surface area contributed by atoms with E-state index in [1.807, 2.05) is 25.4 Å². The Hall–Kier alpha value is -2.99. The minimum absolute atomic E-state index is 0.667.